The molecule has 0 radical (unpaired) electrons. The first-order chi connectivity index (χ1) is 9.59. The zero-order valence-electron chi connectivity index (χ0n) is 15.0. The quantitative estimate of drug-likeness (QED) is 0.738. The summed E-state index contributed by atoms with van der Waals surface area (Å²) in [6.45, 7) is 19.2. The second-order valence-electron chi connectivity index (χ2n) is 9.14. The van der Waals surface area contributed by atoms with Crippen LogP contribution in [0, 0.1) is 11.3 Å². The highest BCUT2D eigenvalue weighted by molar-refractivity contribution is 6.69. The van der Waals surface area contributed by atoms with Crippen molar-refractivity contribution in [1.29, 1.82) is 0 Å². The Morgan fingerprint density at radius 1 is 1.14 bits per heavy atom. The SMILES string of the molecule is CC1CC(C)(C)C[C@@](CN2CCOCC2)(O[Si](C)(C)C)C1. The highest BCUT2D eigenvalue weighted by atomic mass is 28.4. The summed E-state index contributed by atoms with van der Waals surface area (Å²) in [6.07, 6.45) is 3.75. The van der Waals surface area contributed by atoms with Crippen molar-refractivity contribution in [2.24, 2.45) is 11.3 Å². The molecule has 2 aliphatic rings. The van der Waals surface area contributed by atoms with Gasteiger partial charge in [0.05, 0.1) is 18.8 Å². The van der Waals surface area contributed by atoms with Crippen LogP contribution in [0.2, 0.25) is 19.6 Å². The Kier molecular flexibility index (Phi) is 5.24. The van der Waals surface area contributed by atoms with Crippen molar-refractivity contribution < 1.29 is 9.16 Å². The van der Waals surface area contributed by atoms with Crippen molar-refractivity contribution >= 4 is 8.32 Å². The van der Waals surface area contributed by atoms with Gasteiger partial charge in [0, 0.05) is 19.6 Å². The average Bonchev–Trinajstić information content (AvgIpc) is 2.23. The molecule has 0 amide bonds. The predicted octanol–water partition coefficient (Wildman–Crippen LogP) is 3.76. The second-order valence-corrected chi connectivity index (χ2v) is 13.6. The summed E-state index contributed by atoms with van der Waals surface area (Å²) in [5.74, 6) is 0.756. The third-order valence-corrected chi connectivity index (χ3v) is 5.61. The molecule has 21 heavy (non-hydrogen) atoms. The van der Waals surface area contributed by atoms with E-state index in [0.717, 1.165) is 38.8 Å². The number of nitrogens with zero attached hydrogens (tertiary/aromatic N) is 1. The summed E-state index contributed by atoms with van der Waals surface area (Å²) in [4.78, 5) is 2.57. The Hall–Kier alpha value is 0.0969. The lowest BCUT2D eigenvalue weighted by atomic mass is 9.65. The molecule has 0 aromatic heterocycles. The standard InChI is InChI=1S/C17H35NO2Si/c1-15-11-16(2,3)13-17(12-15,20-21(4,5)6)14-18-7-9-19-10-8-18/h15H,7-14H2,1-6H3/t15?,17-/m0/s1. The van der Waals surface area contributed by atoms with Gasteiger partial charge in [-0.3, -0.25) is 4.90 Å². The smallest absolute Gasteiger partial charge is 0.184 e. The van der Waals surface area contributed by atoms with Gasteiger partial charge < -0.3 is 9.16 Å². The lowest BCUT2D eigenvalue weighted by molar-refractivity contribution is -0.0779. The fourth-order valence-corrected chi connectivity index (χ4v) is 6.23. The first-order valence-electron chi connectivity index (χ1n) is 8.60. The van der Waals surface area contributed by atoms with Crippen LogP contribution in [-0.4, -0.2) is 51.7 Å². The number of ether oxygens (including phenoxy) is 1. The van der Waals surface area contributed by atoms with E-state index in [1.165, 1.54) is 19.3 Å². The molecular weight excluding hydrogens is 278 g/mol. The molecule has 4 heteroatoms. The summed E-state index contributed by atoms with van der Waals surface area (Å²) < 4.78 is 12.3. The number of hydrogen-bond acceptors (Lipinski definition) is 3. The molecule has 2 atom stereocenters. The number of morpholine rings is 1. The zero-order chi connectivity index (χ0) is 15.7. The Bertz CT molecular complexity index is 343. The molecule has 1 unspecified atom stereocenters. The molecule has 3 nitrogen and oxygen atoms in total. The molecule has 0 spiro atoms. The molecule has 0 bridgehead atoms. The molecule has 1 saturated heterocycles. The molecule has 1 saturated carbocycles. The van der Waals surface area contributed by atoms with Crippen molar-refractivity contribution in [2.45, 2.75) is 65.3 Å². The van der Waals surface area contributed by atoms with Crippen LogP contribution in [0.3, 0.4) is 0 Å². The molecule has 0 N–H and O–H groups in total. The van der Waals surface area contributed by atoms with Crippen LogP contribution in [0.4, 0.5) is 0 Å². The molecular formula is C17H35NO2Si. The van der Waals surface area contributed by atoms with E-state index >= 15 is 0 Å². The fourth-order valence-electron chi connectivity index (χ4n) is 4.71. The van der Waals surface area contributed by atoms with Crippen LogP contribution in [0.25, 0.3) is 0 Å². The lowest BCUT2D eigenvalue weighted by Crippen LogP contribution is -2.57. The van der Waals surface area contributed by atoms with E-state index in [1.54, 1.807) is 0 Å². The van der Waals surface area contributed by atoms with Gasteiger partial charge in [0.2, 0.25) is 0 Å². The van der Waals surface area contributed by atoms with Gasteiger partial charge in [-0.05, 0) is 50.2 Å². The van der Waals surface area contributed by atoms with Gasteiger partial charge in [-0.15, -0.1) is 0 Å². The summed E-state index contributed by atoms with van der Waals surface area (Å²) in [7, 11) is -1.55. The maximum atomic E-state index is 6.83. The van der Waals surface area contributed by atoms with Gasteiger partial charge in [0.1, 0.15) is 0 Å². The second kappa shape index (κ2) is 6.30. The molecule has 124 valence electrons. The third-order valence-electron chi connectivity index (χ3n) is 4.56. The van der Waals surface area contributed by atoms with Crippen LogP contribution >= 0.6 is 0 Å². The average molecular weight is 314 g/mol. The Balaban J connectivity index is 2.16. The van der Waals surface area contributed by atoms with Crippen molar-refractivity contribution in [3.05, 3.63) is 0 Å². The third kappa shape index (κ3) is 5.34. The summed E-state index contributed by atoms with van der Waals surface area (Å²) >= 11 is 0. The normalized spacial score (nSPS) is 34.9. The van der Waals surface area contributed by atoms with Gasteiger partial charge in [-0.2, -0.15) is 0 Å². The van der Waals surface area contributed by atoms with Gasteiger partial charge in [0.25, 0.3) is 0 Å². The number of hydrogen-bond donors (Lipinski definition) is 0. The van der Waals surface area contributed by atoms with Crippen LogP contribution in [0.15, 0.2) is 0 Å². The van der Waals surface area contributed by atoms with E-state index in [-0.39, 0.29) is 5.60 Å². The topological polar surface area (TPSA) is 21.7 Å². The van der Waals surface area contributed by atoms with Crippen molar-refractivity contribution in [2.75, 3.05) is 32.8 Å². The molecule has 1 aliphatic carbocycles. The highest BCUT2D eigenvalue weighted by Crippen LogP contribution is 2.47. The summed E-state index contributed by atoms with van der Waals surface area (Å²) in [6, 6.07) is 0. The van der Waals surface area contributed by atoms with E-state index in [9.17, 15) is 0 Å². The summed E-state index contributed by atoms with van der Waals surface area (Å²) in [5.41, 5.74) is 0.451. The van der Waals surface area contributed by atoms with Crippen molar-refractivity contribution in [3.63, 3.8) is 0 Å². The maximum Gasteiger partial charge on any atom is 0.184 e. The van der Waals surface area contributed by atoms with E-state index in [4.69, 9.17) is 9.16 Å². The van der Waals surface area contributed by atoms with Gasteiger partial charge in [-0.1, -0.05) is 20.8 Å². The Labute approximate surface area is 132 Å². The molecule has 1 aliphatic heterocycles. The van der Waals surface area contributed by atoms with E-state index < -0.39 is 8.32 Å². The Morgan fingerprint density at radius 3 is 2.29 bits per heavy atom. The van der Waals surface area contributed by atoms with E-state index in [2.05, 4.69) is 45.3 Å². The molecule has 0 aromatic carbocycles. The fraction of sp³-hybridized carbons (Fsp3) is 1.00. The predicted molar refractivity (Wildman–Crippen MR) is 91.2 cm³/mol. The maximum absolute atomic E-state index is 6.83. The minimum absolute atomic E-state index is 0.0585. The number of rotatable bonds is 4. The van der Waals surface area contributed by atoms with Gasteiger partial charge in [0.15, 0.2) is 8.32 Å². The molecule has 2 rings (SSSR count). The van der Waals surface area contributed by atoms with Crippen LogP contribution in [-0.2, 0) is 9.16 Å². The molecule has 1 heterocycles. The summed E-state index contributed by atoms with van der Waals surface area (Å²) in [5, 5.41) is 0. The van der Waals surface area contributed by atoms with E-state index in [0.29, 0.717) is 5.41 Å². The molecule has 0 aromatic rings. The van der Waals surface area contributed by atoms with Crippen molar-refractivity contribution in [3.8, 4) is 0 Å². The van der Waals surface area contributed by atoms with Gasteiger partial charge >= 0.3 is 0 Å². The highest BCUT2D eigenvalue weighted by Gasteiger charge is 2.46. The van der Waals surface area contributed by atoms with Crippen LogP contribution in [0.1, 0.15) is 40.0 Å². The van der Waals surface area contributed by atoms with Crippen molar-refractivity contribution in [1.82, 2.24) is 4.90 Å². The zero-order valence-corrected chi connectivity index (χ0v) is 16.0. The first kappa shape index (κ1) is 17.5. The first-order valence-corrected chi connectivity index (χ1v) is 12.0. The monoisotopic (exact) mass is 313 g/mol. The minimum Gasteiger partial charge on any atom is -0.411 e. The molecule has 2 fully saturated rings. The largest absolute Gasteiger partial charge is 0.411 e. The Morgan fingerprint density at radius 2 is 1.76 bits per heavy atom. The lowest BCUT2D eigenvalue weighted by Gasteiger charge is -2.52. The minimum atomic E-state index is -1.55. The van der Waals surface area contributed by atoms with Crippen LogP contribution < -0.4 is 0 Å². The van der Waals surface area contributed by atoms with E-state index in [1.807, 2.05) is 0 Å². The van der Waals surface area contributed by atoms with Gasteiger partial charge in [-0.25, -0.2) is 0 Å². The van der Waals surface area contributed by atoms with Crippen LogP contribution in [0.5, 0.6) is 0 Å².